The van der Waals surface area contributed by atoms with Crippen molar-refractivity contribution in [2.24, 2.45) is 0 Å². The van der Waals surface area contributed by atoms with Gasteiger partial charge in [-0.3, -0.25) is 29.9 Å². The molecule has 1 aromatic heterocycles. The van der Waals surface area contributed by atoms with Crippen LogP contribution in [0.5, 0.6) is 0 Å². The summed E-state index contributed by atoms with van der Waals surface area (Å²) >= 11 is 7.29. The first-order valence-corrected chi connectivity index (χ1v) is 10.3. The Morgan fingerprint density at radius 3 is 2.25 bits per heavy atom. The highest BCUT2D eigenvalue weighted by Gasteiger charge is 2.26. The number of fused-ring (bicyclic) bond motifs is 1. The quantitative estimate of drug-likeness (QED) is 0.322. The molecule has 0 atom stereocenters. The van der Waals surface area contributed by atoms with Gasteiger partial charge < -0.3 is 4.90 Å². The van der Waals surface area contributed by atoms with E-state index in [2.05, 4.69) is 4.98 Å². The van der Waals surface area contributed by atoms with Crippen molar-refractivity contribution >= 4 is 68.0 Å². The highest BCUT2D eigenvalue weighted by Crippen LogP contribution is 2.32. The van der Waals surface area contributed by atoms with E-state index >= 15 is 0 Å². The number of anilines is 1. The molecule has 0 aliphatic heterocycles. The number of nitro groups is 2. The predicted octanol–water partition coefficient (Wildman–Crippen LogP) is 4.79. The number of carbonyl (C=O) groups is 1. The average molecular weight is 500 g/mol. The molecule has 32 heavy (non-hydrogen) atoms. The molecule has 0 saturated heterocycles. The lowest BCUT2D eigenvalue weighted by Gasteiger charge is -2.21. The van der Waals surface area contributed by atoms with Crippen LogP contribution in [0.2, 0.25) is 5.02 Å². The van der Waals surface area contributed by atoms with Crippen molar-refractivity contribution in [1.29, 1.82) is 0 Å². The molecular weight excluding hydrogens is 481 g/mol. The summed E-state index contributed by atoms with van der Waals surface area (Å²) in [5.74, 6) is -0.601. The maximum Gasteiger partial charge on any atom is 0.277 e. The molecule has 13 heteroatoms. The van der Waals surface area contributed by atoms with Crippen molar-refractivity contribution in [2.45, 2.75) is 6.42 Å². The number of halogens is 2. The summed E-state index contributed by atoms with van der Waals surface area (Å²) in [4.78, 5) is 42.1. The average Bonchev–Trinajstić information content (AvgIpc) is 3.12. The number of nitro benzene ring substituents is 2. The largest absolute Gasteiger partial charge is 0.309 e. The van der Waals surface area contributed by atoms with Crippen LogP contribution in [-0.4, -0.2) is 52.8 Å². The van der Waals surface area contributed by atoms with Crippen molar-refractivity contribution in [3.05, 3.63) is 67.2 Å². The molecule has 0 radical (unpaired) electrons. The summed E-state index contributed by atoms with van der Waals surface area (Å²) in [6, 6.07) is 8.07. The lowest BCUT2D eigenvalue weighted by Crippen LogP contribution is -2.33. The molecule has 0 aliphatic carbocycles. The first-order chi connectivity index (χ1) is 14.7. The first kappa shape index (κ1) is 25.4. The number of rotatable bonds is 8. The second-order valence-corrected chi connectivity index (χ2v) is 8.42. The molecule has 3 aromatic rings. The lowest BCUT2D eigenvalue weighted by molar-refractivity contribution is -0.394. The highest BCUT2D eigenvalue weighted by atomic mass is 35.5. The van der Waals surface area contributed by atoms with E-state index in [0.29, 0.717) is 28.6 Å². The molecule has 0 bridgehead atoms. The molecule has 1 heterocycles. The zero-order valence-corrected chi connectivity index (χ0v) is 19.4. The summed E-state index contributed by atoms with van der Waals surface area (Å²) < 4.78 is 0.776. The fourth-order valence-corrected chi connectivity index (χ4v) is 4.18. The van der Waals surface area contributed by atoms with E-state index in [0.717, 1.165) is 22.9 Å². The monoisotopic (exact) mass is 499 g/mol. The number of non-ortho nitro benzene ring substituents is 2. The van der Waals surface area contributed by atoms with Gasteiger partial charge in [0.2, 0.25) is 0 Å². The topological polar surface area (TPSA) is 123 Å². The molecule has 0 unspecified atom stereocenters. The SMILES string of the molecule is CN(C)CCCN(C(=O)c1cc([N+](=O)[O-])cc([N+](=O)[O-])c1)c1nc2ccc(Cl)cc2s1.Cl. The minimum atomic E-state index is -0.764. The summed E-state index contributed by atoms with van der Waals surface area (Å²) in [6.45, 7) is 0.969. The zero-order chi connectivity index (χ0) is 22.7. The van der Waals surface area contributed by atoms with Gasteiger partial charge in [-0.2, -0.15) is 0 Å². The van der Waals surface area contributed by atoms with E-state index < -0.39 is 27.1 Å². The minimum Gasteiger partial charge on any atom is -0.309 e. The fourth-order valence-electron chi connectivity index (χ4n) is 2.92. The second-order valence-electron chi connectivity index (χ2n) is 6.97. The summed E-state index contributed by atoms with van der Waals surface area (Å²) in [7, 11) is 3.80. The van der Waals surface area contributed by atoms with Crippen LogP contribution in [0, 0.1) is 20.2 Å². The van der Waals surface area contributed by atoms with Gasteiger partial charge >= 0.3 is 0 Å². The van der Waals surface area contributed by atoms with Gasteiger partial charge in [0.25, 0.3) is 17.3 Å². The number of hydrogen-bond donors (Lipinski definition) is 0. The molecule has 0 spiro atoms. The number of nitrogens with zero attached hydrogens (tertiary/aromatic N) is 5. The van der Waals surface area contributed by atoms with Gasteiger partial charge in [0.1, 0.15) is 0 Å². The van der Waals surface area contributed by atoms with E-state index in [1.165, 1.54) is 16.2 Å². The van der Waals surface area contributed by atoms with Crippen LogP contribution in [0.15, 0.2) is 36.4 Å². The van der Waals surface area contributed by atoms with Crippen LogP contribution < -0.4 is 4.90 Å². The van der Waals surface area contributed by atoms with Crippen molar-refractivity contribution < 1.29 is 14.6 Å². The third-order valence-corrected chi connectivity index (χ3v) is 5.65. The Morgan fingerprint density at radius 1 is 1.06 bits per heavy atom. The van der Waals surface area contributed by atoms with Gasteiger partial charge in [0, 0.05) is 23.7 Å². The Kier molecular flexibility index (Phi) is 8.44. The van der Waals surface area contributed by atoms with Crippen LogP contribution in [0.25, 0.3) is 10.2 Å². The van der Waals surface area contributed by atoms with Gasteiger partial charge in [-0.1, -0.05) is 22.9 Å². The van der Waals surface area contributed by atoms with Crippen molar-refractivity contribution in [3.8, 4) is 0 Å². The normalized spacial score (nSPS) is 10.8. The van der Waals surface area contributed by atoms with E-state index in [-0.39, 0.29) is 24.5 Å². The standard InChI is InChI=1S/C19H18ClN5O5S.ClH/c1-22(2)6-3-7-23(19-21-16-5-4-13(20)10-17(16)31-19)18(26)12-8-14(24(27)28)11-15(9-12)25(29)30;/h4-5,8-11H,3,6-7H2,1-2H3;1H. The molecule has 0 saturated carbocycles. The Balaban J connectivity index is 0.00000363. The van der Waals surface area contributed by atoms with E-state index in [9.17, 15) is 25.0 Å². The fraction of sp³-hybridized carbons (Fsp3) is 0.263. The van der Waals surface area contributed by atoms with Crippen LogP contribution in [0.3, 0.4) is 0 Å². The van der Waals surface area contributed by atoms with Gasteiger partial charge in [-0.05, 0) is 45.3 Å². The van der Waals surface area contributed by atoms with Crippen LogP contribution >= 0.6 is 35.3 Å². The number of benzene rings is 2. The van der Waals surface area contributed by atoms with Gasteiger partial charge in [-0.15, -0.1) is 12.4 Å². The molecule has 0 aliphatic rings. The summed E-state index contributed by atoms with van der Waals surface area (Å²) in [6.07, 6.45) is 0.604. The van der Waals surface area contributed by atoms with Crippen LogP contribution in [0.4, 0.5) is 16.5 Å². The van der Waals surface area contributed by atoms with Crippen molar-refractivity contribution in [2.75, 3.05) is 32.1 Å². The van der Waals surface area contributed by atoms with Crippen molar-refractivity contribution in [3.63, 3.8) is 0 Å². The van der Waals surface area contributed by atoms with Crippen molar-refractivity contribution in [1.82, 2.24) is 9.88 Å². The number of aromatic nitrogens is 1. The summed E-state index contributed by atoms with van der Waals surface area (Å²) in [5.41, 5.74) is -0.549. The number of carbonyl (C=O) groups excluding carboxylic acids is 1. The third-order valence-electron chi connectivity index (χ3n) is 4.37. The van der Waals surface area contributed by atoms with E-state index in [1.807, 2.05) is 19.0 Å². The highest BCUT2D eigenvalue weighted by molar-refractivity contribution is 7.22. The lowest BCUT2D eigenvalue weighted by atomic mass is 10.1. The Morgan fingerprint density at radius 2 is 1.69 bits per heavy atom. The summed E-state index contributed by atoms with van der Waals surface area (Å²) in [5, 5.41) is 23.3. The maximum absolute atomic E-state index is 13.3. The first-order valence-electron chi connectivity index (χ1n) is 9.12. The molecule has 10 nitrogen and oxygen atoms in total. The molecule has 1 amide bonds. The number of amides is 1. The Labute approximate surface area is 198 Å². The maximum atomic E-state index is 13.3. The second kappa shape index (κ2) is 10.6. The third kappa shape index (κ3) is 5.88. The van der Waals surface area contributed by atoms with Gasteiger partial charge in [-0.25, -0.2) is 4.98 Å². The Hall–Kier alpha value is -2.86. The minimum absolute atomic E-state index is 0. The van der Waals surface area contributed by atoms with Gasteiger partial charge in [0.05, 0.1) is 31.7 Å². The molecule has 0 fully saturated rings. The predicted molar refractivity (Wildman–Crippen MR) is 126 cm³/mol. The van der Waals surface area contributed by atoms with E-state index in [4.69, 9.17) is 11.6 Å². The van der Waals surface area contributed by atoms with Crippen LogP contribution in [-0.2, 0) is 0 Å². The molecular formula is C19H19Cl2N5O5S. The molecule has 170 valence electrons. The molecule has 3 rings (SSSR count). The number of thiazole rings is 1. The van der Waals surface area contributed by atoms with Crippen LogP contribution in [0.1, 0.15) is 16.8 Å². The molecule has 2 aromatic carbocycles. The smallest absolute Gasteiger partial charge is 0.277 e. The Bertz CT molecular complexity index is 1140. The molecule has 0 N–H and O–H groups in total. The zero-order valence-electron chi connectivity index (χ0n) is 17.1. The number of hydrogen-bond acceptors (Lipinski definition) is 8. The van der Waals surface area contributed by atoms with Gasteiger partial charge in [0.15, 0.2) is 5.13 Å². The van der Waals surface area contributed by atoms with E-state index in [1.54, 1.807) is 18.2 Å².